The lowest BCUT2D eigenvalue weighted by Crippen LogP contribution is -1.86. The smallest absolute Gasteiger partial charge is 0.466 e. The van der Waals surface area contributed by atoms with E-state index in [0.717, 1.165) is 0 Å². The van der Waals surface area contributed by atoms with E-state index in [4.69, 9.17) is 4.74 Å². The first-order chi connectivity index (χ1) is 4.77. The van der Waals surface area contributed by atoms with E-state index in [0.29, 0.717) is 12.2 Å². The van der Waals surface area contributed by atoms with Gasteiger partial charge in [-0.25, -0.2) is 4.79 Å². The summed E-state index contributed by atoms with van der Waals surface area (Å²) in [6.07, 6.45) is 0.592. The van der Waals surface area contributed by atoms with E-state index in [1.165, 1.54) is 7.11 Å². The zero-order valence-electron chi connectivity index (χ0n) is 5.84. The van der Waals surface area contributed by atoms with Crippen LogP contribution in [0.1, 0.15) is 12.7 Å². The number of aryl methyl sites for hydroxylation is 1. The molecule has 1 rings (SSSR count). The SMILES string of the molecule is CCc1oc(=O)oc1OC. The Morgan fingerprint density at radius 3 is 2.60 bits per heavy atom. The third kappa shape index (κ3) is 1.05. The van der Waals surface area contributed by atoms with Gasteiger partial charge in [0.2, 0.25) is 0 Å². The lowest BCUT2D eigenvalue weighted by Gasteiger charge is -1.90. The summed E-state index contributed by atoms with van der Waals surface area (Å²) in [5, 5.41) is 0. The first-order valence-corrected chi connectivity index (χ1v) is 2.94. The molecule has 0 aliphatic carbocycles. The van der Waals surface area contributed by atoms with Crippen molar-refractivity contribution in [1.82, 2.24) is 0 Å². The van der Waals surface area contributed by atoms with Crippen LogP contribution < -0.4 is 10.6 Å². The first kappa shape index (κ1) is 6.92. The summed E-state index contributed by atoms with van der Waals surface area (Å²) in [7, 11) is 1.42. The lowest BCUT2D eigenvalue weighted by molar-refractivity contribution is 0.284. The van der Waals surface area contributed by atoms with Crippen molar-refractivity contribution in [2.45, 2.75) is 13.3 Å². The molecule has 0 amide bonds. The largest absolute Gasteiger partial charge is 0.521 e. The van der Waals surface area contributed by atoms with Crippen molar-refractivity contribution in [2.24, 2.45) is 0 Å². The van der Waals surface area contributed by atoms with Crippen molar-refractivity contribution >= 4 is 0 Å². The molecule has 1 aromatic rings. The van der Waals surface area contributed by atoms with E-state index >= 15 is 0 Å². The third-order valence-corrected chi connectivity index (χ3v) is 1.12. The van der Waals surface area contributed by atoms with E-state index in [-0.39, 0.29) is 5.95 Å². The summed E-state index contributed by atoms with van der Waals surface area (Å²) in [5.74, 6) is -0.0892. The molecule has 56 valence electrons. The van der Waals surface area contributed by atoms with Gasteiger partial charge >= 0.3 is 11.8 Å². The van der Waals surface area contributed by atoms with E-state index < -0.39 is 5.82 Å². The third-order valence-electron chi connectivity index (χ3n) is 1.12. The van der Waals surface area contributed by atoms with Gasteiger partial charge in [0.25, 0.3) is 0 Å². The highest BCUT2D eigenvalue weighted by molar-refractivity contribution is 5.08. The molecule has 0 unspecified atom stereocenters. The second kappa shape index (κ2) is 2.60. The normalized spacial score (nSPS) is 9.80. The molecule has 1 aromatic heterocycles. The van der Waals surface area contributed by atoms with Gasteiger partial charge in [-0.3, -0.25) is 0 Å². The Morgan fingerprint density at radius 2 is 2.20 bits per heavy atom. The number of hydrogen-bond donors (Lipinski definition) is 0. The zero-order valence-corrected chi connectivity index (χ0v) is 5.84. The molecule has 1 heterocycles. The minimum Gasteiger partial charge on any atom is -0.466 e. The molecule has 0 aromatic carbocycles. The van der Waals surface area contributed by atoms with Crippen LogP contribution in [-0.2, 0) is 6.42 Å². The molecule has 0 radical (unpaired) electrons. The Hall–Kier alpha value is -1.19. The molecule has 4 heteroatoms. The van der Waals surface area contributed by atoms with Gasteiger partial charge in [-0.15, -0.1) is 0 Å². The van der Waals surface area contributed by atoms with Gasteiger partial charge in [0.1, 0.15) is 0 Å². The summed E-state index contributed by atoms with van der Waals surface area (Å²) >= 11 is 0. The molecule has 4 nitrogen and oxygen atoms in total. The van der Waals surface area contributed by atoms with Crippen molar-refractivity contribution in [3.8, 4) is 5.95 Å². The van der Waals surface area contributed by atoms with E-state index in [1.807, 2.05) is 6.92 Å². The molecular formula is C6H8O4. The summed E-state index contributed by atoms with van der Waals surface area (Å²) in [5.41, 5.74) is 0. The van der Waals surface area contributed by atoms with Crippen molar-refractivity contribution in [3.63, 3.8) is 0 Å². The molecule has 0 saturated heterocycles. The number of ether oxygens (including phenoxy) is 1. The number of methoxy groups -OCH3 is 1. The second-order valence-corrected chi connectivity index (χ2v) is 1.72. The molecule has 0 spiro atoms. The van der Waals surface area contributed by atoms with Crippen LogP contribution in [0.3, 0.4) is 0 Å². The number of rotatable bonds is 2. The zero-order chi connectivity index (χ0) is 7.56. The van der Waals surface area contributed by atoms with Crippen molar-refractivity contribution < 1.29 is 13.6 Å². The van der Waals surface area contributed by atoms with E-state index in [1.54, 1.807) is 0 Å². The summed E-state index contributed by atoms with van der Waals surface area (Å²) in [6.45, 7) is 1.84. The van der Waals surface area contributed by atoms with Crippen LogP contribution >= 0.6 is 0 Å². The first-order valence-electron chi connectivity index (χ1n) is 2.94. The lowest BCUT2D eigenvalue weighted by atomic mass is 10.4. The van der Waals surface area contributed by atoms with Gasteiger partial charge < -0.3 is 13.6 Å². The highest BCUT2D eigenvalue weighted by Crippen LogP contribution is 2.15. The monoisotopic (exact) mass is 144 g/mol. The summed E-state index contributed by atoms with van der Waals surface area (Å²) in [6, 6.07) is 0. The fraction of sp³-hybridized carbons (Fsp3) is 0.500. The average molecular weight is 144 g/mol. The maximum atomic E-state index is 10.4. The Bertz CT molecular complexity index is 232. The number of hydrogen-bond acceptors (Lipinski definition) is 4. The van der Waals surface area contributed by atoms with Gasteiger partial charge in [-0.1, -0.05) is 6.92 Å². The molecule has 0 aliphatic rings. The standard InChI is InChI=1S/C6H8O4/c1-3-4-5(8-2)10-6(7)9-4/h3H2,1-2H3. The fourth-order valence-corrected chi connectivity index (χ4v) is 0.668. The van der Waals surface area contributed by atoms with Crippen LogP contribution in [-0.4, -0.2) is 7.11 Å². The van der Waals surface area contributed by atoms with E-state index in [9.17, 15) is 4.79 Å². The van der Waals surface area contributed by atoms with Crippen LogP contribution in [0.4, 0.5) is 0 Å². The summed E-state index contributed by atoms with van der Waals surface area (Å²) < 4.78 is 13.8. The van der Waals surface area contributed by atoms with Gasteiger partial charge in [0.15, 0.2) is 5.76 Å². The molecule has 0 atom stereocenters. The van der Waals surface area contributed by atoms with Crippen molar-refractivity contribution in [2.75, 3.05) is 7.11 Å². The Labute approximate surface area is 57.4 Å². The van der Waals surface area contributed by atoms with Gasteiger partial charge in [-0.2, -0.15) is 0 Å². The Balaban J connectivity index is 3.08. The molecule has 0 aliphatic heterocycles. The maximum absolute atomic E-state index is 10.4. The molecule has 0 N–H and O–H groups in total. The average Bonchev–Trinajstić information content (AvgIpc) is 2.30. The molecule has 0 fully saturated rings. The van der Waals surface area contributed by atoms with Gasteiger partial charge in [0, 0.05) is 6.42 Å². The van der Waals surface area contributed by atoms with Gasteiger partial charge in [-0.05, 0) is 0 Å². The van der Waals surface area contributed by atoms with Crippen molar-refractivity contribution in [3.05, 3.63) is 16.4 Å². The highest BCUT2D eigenvalue weighted by atomic mass is 16.7. The Kier molecular flexibility index (Phi) is 1.80. The predicted octanol–water partition coefficient (Wildman–Crippen LogP) is 0.804. The van der Waals surface area contributed by atoms with Crippen LogP contribution in [0.25, 0.3) is 0 Å². The quantitative estimate of drug-likeness (QED) is 0.616. The molecule has 0 saturated carbocycles. The van der Waals surface area contributed by atoms with Gasteiger partial charge in [0.05, 0.1) is 7.11 Å². The predicted molar refractivity (Wildman–Crippen MR) is 33.2 cm³/mol. The topological polar surface area (TPSA) is 52.6 Å². The van der Waals surface area contributed by atoms with Crippen LogP contribution in [0.2, 0.25) is 0 Å². The second-order valence-electron chi connectivity index (χ2n) is 1.72. The molecule has 0 bridgehead atoms. The van der Waals surface area contributed by atoms with Crippen LogP contribution in [0.15, 0.2) is 13.6 Å². The Morgan fingerprint density at radius 1 is 1.50 bits per heavy atom. The molecular weight excluding hydrogens is 136 g/mol. The minimum atomic E-state index is -0.714. The van der Waals surface area contributed by atoms with Crippen LogP contribution in [0, 0.1) is 0 Å². The van der Waals surface area contributed by atoms with E-state index in [2.05, 4.69) is 8.83 Å². The molecule has 10 heavy (non-hydrogen) atoms. The van der Waals surface area contributed by atoms with Crippen molar-refractivity contribution in [1.29, 1.82) is 0 Å². The van der Waals surface area contributed by atoms with Crippen LogP contribution in [0.5, 0.6) is 5.95 Å². The minimum absolute atomic E-state index is 0.174. The maximum Gasteiger partial charge on any atom is 0.521 e. The highest BCUT2D eigenvalue weighted by Gasteiger charge is 2.09. The summed E-state index contributed by atoms with van der Waals surface area (Å²) in [4.78, 5) is 10.4. The fourth-order valence-electron chi connectivity index (χ4n) is 0.668.